The number of primary amides is 1. The van der Waals surface area contributed by atoms with Crippen LogP contribution in [-0.2, 0) is 6.42 Å². The lowest BCUT2D eigenvalue weighted by Gasteiger charge is -2.36. The first kappa shape index (κ1) is 22.6. The van der Waals surface area contributed by atoms with Gasteiger partial charge in [-0.25, -0.2) is 9.78 Å². The van der Waals surface area contributed by atoms with Crippen LogP contribution in [0.15, 0.2) is 30.5 Å². The SMILES string of the molecule is CCc1cnc(N2CCN(C(=O)c3ccc(N4CCN(C)C4=O)cc3C(N)=O)CC2)c(C)c1. The number of carbonyl (C=O) groups excluding carboxylic acids is 3. The smallest absolute Gasteiger partial charge is 0.324 e. The number of pyridine rings is 1. The zero-order chi connectivity index (χ0) is 23.7. The molecule has 2 N–H and O–H groups in total. The summed E-state index contributed by atoms with van der Waals surface area (Å²) in [5.41, 5.74) is 8.91. The maximum absolute atomic E-state index is 13.3. The lowest BCUT2D eigenvalue weighted by Crippen LogP contribution is -2.49. The van der Waals surface area contributed by atoms with E-state index in [4.69, 9.17) is 5.73 Å². The molecule has 2 aliphatic rings. The minimum Gasteiger partial charge on any atom is -0.366 e. The van der Waals surface area contributed by atoms with Crippen LogP contribution in [0.3, 0.4) is 0 Å². The molecule has 3 heterocycles. The minimum absolute atomic E-state index is 0.134. The standard InChI is InChI=1S/C24H30N6O3/c1-4-17-13-16(2)22(26-15-17)28-8-10-29(11-9-28)23(32)19-6-5-18(14-20(19)21(25)31)30-12-7-27(3)24(30)33/h5-6,13-15H,4,7-12H2,1-3H3,(H2,25,31). The van der Waals surface area contributed by atoms with Crippen LogP contribution in [-0.4, -0.2) is 78.9 Å². The summed E-state index contributed by atoms with van der Waals surface area (Å²) < 4.78 is 0. The molecule has 0 spiro atoms. The fourth-order valence-electron chi connectivity index (χ4n) is 4.42. The number of hydrogen-bond donors (Lipinski definition) is 1. The number of anilines is 2. The highest BCUT2D eigenvalue weighted by Gasteiger charge is 2.30. The maximum Gasteiger partial charge on any atom is 0.324 e. The van der Waals surface area contributed by atoms with Crippen molar-refractivity contribution in [3.8, 4) is 0 Å². The molecule has 0 aliphatic carbocycles. The molecule has 174 valence electrons. The highest BCUT2D eigenvalue weighted by Crippen LogP contribution is 2.25. The summed E-state index contributed by atoms with van der Waals surface area (Å²) >= 11 is 0. The lowest BCUT2D eigenvalue weighted by molar-refractivity contribution is 0.0741. The summed E-state index contributed by atoms with van der Waals surface area (Å²) in [5.74, 6) is 0.0299. The van der Waals surface area contributed by atoms with Gasteiger partial charge in [-0.1, -0.05) is 13.0 Å². The molecule has 1 aromatic heterocycles. The van der Waals surface area contributed by atoms with Gasteiger partial charge in [0.15, 0.2) is 0 Å². The van der Waals surface area contributed by atoms with E-state index in [-0.39, 0.29) is 23.1 Å². The van der Waals surface area contributed by atoms with Gasteiger partial charge in [-0.3, -0.25) is 14.5 Å². The first-order chi connectivity index (χ1) is 15.8. The minimum atomic E-state index is -0.685. The molecule has 1 aromatic carbocycles. The van der Waals surface area contributed by atoms with Crippen LogP contribution >= 0.6 is 0 Å². The highest BCUT2D eigenvalue weighted by molar-refractivity contribution is 6.08. The Morgan fingerprint density at radius 3 is 2.33 bits per heavy atom. The van der Waals surface area contributed by atoms with Crippen LogP contribution in [0.25, 0.3) is 0 Å². The first-order valence-electron chi connectivity index (χ1n) is 11.3. The number of likely N-dealkylation sites (N-methyl/N-ethyl adjacent to an activating group) is 1. The Balaban J connectivity index is 1.49. The number of hydrogen-bond acceptors (Lipinski definition) is 5. The van der Waals surface area contributed by atoms with Crippen LogP contribution in [0.5, 0.6) is 0 Å². The quantitative estimate of drug-likeness (QED) is 0.749. The monoisotopic (exact) mass is 450 g/mol. The van der Waals surface area contributed by atoms with Crippen molar-refractivity contribution < 1.29 is 14.4 Å². The van der Waals surface area contributed by atoms with E-state index in [1.165, 1.54) is 5.56 Å². The van der Waals surface area contributed by atoms with Crippen molar-refractivity contribution in [2.75, 3.05) is 56.1 Å². The van der Waals surface area contributed by atoms with Gasteiger partial charge in [-0.15, -0.1) is 0 Å². The van der Waals surface area contributed by atoms with E-state index >= 15 is 0 Å². The molecule has 2 fully saturated rings. The number of amides is 4. The molecular weight excluding hydrogens is 420 g/mol. The van der Waals surface area contributed by atoms with Crippen molar-refractivity contribution in [1.29, 1.82) is 0 Å². The zero-order valence-corrected chi connectivity index (χ0v) is 19.4. The summed E-state index contributed by atoms with van der Waals surface area (Å²) in [6, 6.07) is 6.87. The Morgan fingerprint density at radius 2 is 1.76 bits per heavy atom. The summed E-state index contributed by atoms with van der Waals surface area (Å²) in [5, 5.41) is 0. The van der Waals surface area contributed by atoms with Crippen molar-refractivity contribution in [2.45, 2.75) is 20.3 Å². The van der Waals surface area contributed by atoms with Gasteiger partial charge >= 0.3 is 6.03 Å². The van der Waals surface area contributed by atoms with Gasteiger partial charge < -0.3 is 20.4 Å². The van der Waals surface area contributed by atoms with E-state index in [2.05, 4.69) is 29.8 Å². The van der Waals surface area contributed by atoms with Gasteiger partial charge in [-0.05, 0) is 42.7 Å². The highest BCUT2D eigenvalue weighted by atomic mass is 16.2. The van der Waals surface area contributed by atoms with Crippen LogP contribution in [0.1, 0.15) is 38.8 Å². The van der Waals surface area contributed by atoms with Gasteiger partial charge in [0.1, 0.15) is 5.82 Å². The molecule has 0 atom stereocenters. The molecule has 4 amide bonds. The number of rotatable bonds is 5. The number of piperazine rings is 1. The van der Waals surface area contributed by atoms with Crippen molar-refractivity contribution >= 4 is 29.4 Å². The van der Waals surface area contributed by atoms with Gasteiger partial charge in [0.2, 0.25) is 5.91 Å². The fraction of sp³-hybridized carbons (Fsp3) is 0.417. The third-order valence-corrected chi connectivity index (χ3v) is 6.41. The van der Waals surface area contributed by atoms with E-state index < -0.39 is 5.91 Å². The maximum atomic E-state index is 13.3. The molecular formula is C24H30N6O3. The molecule has 0 radical (unpaired) electrons. The summed E-state index contributed by atoms with van der Waals surface area (Å²) in [6.45, 7) is 7.64. The number of urea groups is 1. The number of benzene rings is 1. The number of nitrogens with zero attached hydrogens (tertiary/aromatic N) is 5. The predicted molar refractivity (Wildman–Crippen MR) is 127 cm³/mol. The number of aryl methyl sites for hydroxylation is 2. The average molecular weight is 451 g/mol. The van der Waals surface area contributed by atoms with Crippen molar-refractivity contribution in [3.63, 3.8) is 0 Å². The van der Waals surface area contributed by atoms with E-state index in [1.54, 1.807) is 39.9 Å². The van der Waals surface area contributed by atoms with Gasteiger partial charge in [0.25, 0.3) is 5.91 Å². The van der Waals surface area contributed by atoms with E-state index in [0.29, 0.717) is 45.0 Å². The van der Waals surface area contributed by atoms with Crippen LogP contribution < -0.4 is 15.5 Å². The Hall–Kier alpha value is -3.62. The molecule has 2 aliphatic heterocycles. The molecule has 9 heteroatoms. The molecule has 0 saturated carbocycles. The molecule has 0 unspecified atom stereocenters. The molecule has 9 nitrogen and oxygen atoms in total. The number of carbonyl (C=O) groups is 3. The Morgan fingerprint density at radius 1 is 1.03 bits per heavy atom. The first-order valence-corrected chi connectivity index (χ1v) is 11.3. The van der Waals surface area contributed by atoms with Gasteiger partial charge in [-0.2, -0.15) is 0 Å². The van der Waals surface area contributed by atoms with Crippen molar-refractivity contribution in [1.82, 2.24) is 14.8 Å². The second kappa shape index (κ2) is 9.09. The third-order valence-electron chi connectivity index (χ3n) is 6.41. The van der Waals surface area contributed by atoms with Gasteiger partial charge in [0.05, 0.1) is 11.1 Å². The van der Waals surface area contributed by atoms with E-state index in [9.17, 15) is 14.4 Å². The average Bonchev–Trinajstić information content (AvgIpc) is 3.16. The van der Waals surface area contributed by atoms with Crippen LogP contribution in [0, 0.1) is 6.92 Å². The Bertz CT molecular complexity index is 1090. The molecule has 0 bridgehead atoms. The Labute approximate surface area is 193 Å². The third kappa shape index (κ3) is 4.35. The summed E-state index contributed by atoms with van der Waals surface area (Å²) in [4.78, 5) is 49.5. The van der Waals surface area contributed by atoms with Crippen molar-refractivity contribution in [2.24, 2.45) is 5.73 Å². The van der Waals surface area contributed by atoms with Crippen LogP contribution in [0.2, 0.25) is 0 Å². The topological polar surface area (TPSA) is 103 Å². The zero-order valence-electron chi connectivity index (χ0n) is 19.4. The molecule has 33 heavy (non-hydrogen) atoms. The summed E-state index contributed by atoms with van der Waals surface area (Å²) in [7, 11) is 1.73. The molecule has 2 saturated heterocycles. The number of nitrogens with two attached hydrogens (primary N) is 1. The normalized spacial score (nSPS) is 16.5. The molecule has 2 aromatic rings. The predicted octanol–water partition coefficient (Wildman–Crippen LogP) is 1.89. The summed E-state index contributed by atoms with van der Waals surface area (Å²) in [6.07, 6.45) is 2.85. The second-order valence-corrected chi connectivity index (χ2v) is 8.57. The Kier molecular flexibility index (Phi) is 6.22. The van der Waals surface area contributed by atoms with Crippen LogP contribution in [0.4, 0.5) is 16.3 Å². The van der Waals surface area contributed by atoms with Crippen molar-refractivity contribution in [3.05, 3.63) is 52.7 Å². The fourth-order valence-corrected chi connectivity index (χ4v) is 4.42. The molecule has 4 rings (SSSR count). The lowest BCUT2D eigenvalue weighted by atomic mass is 10.0. The second-order valence-electron chi connectivity index (χ2n) is 8.57. The van der Waals surface area contributed by atoms with E-state index in [0.717, 1.165) is 17.8 Å². The number of aromatic nitrogens is 1. The largest absolute Gasteiger partial charge is 0.366 e. The van der Waals surface area contributed by atoms with Gasteiger partial charge in [0, 0.05) is 58.2 Å². The van der Waals surface area contributed by atoms with E-state index in [1.807, 2.05) is 6.20 Å².